The fourth-order valence-corrected chi connectivity index (χ4v) is 4.45. The number of amides is 1. The first-order valence-corrected chi connectivity index (χ1v) is 10.0. The van der Waals surface area contributed by atoms with E-state index >= 15 is 0 Å². The average Bonchev–Trinajstić information content (AvgIpc) is 3.07. The van der Waals surface area contributed by atoms with Crippen LogP contribution >= 0.6 is 11.3 Å². The number of aromatic nitrogens is 1. The Kier molecular flexibility index (Phi) is 4.21. The van der Waals surface area contributed by atoms with Crippen LogP contribution in [0, 0.1) is 0 Å². The molecule has 3 heterocycles. The van der Waals surface area contributed by atoms with Crippen LogP contribution in [-0.2, 0) is 6.54 Å². The van der Waals surface area contributed by atoms with E-state index in [1.807, 2.05) is 23.6 Å². The summed E-state index contributed by atoms with van der Waals surface area (Å²) in [7, 11) is 0. The lowest BCUT2D eigenvalue weighted by Crippen LogP contribution is -2.17. The minimum Gasteiger partial charge on any atom is -0.486 e. The Balaban J connectivity index is 1.65. The SMILES string of the molecule is CCn1c(=NC(=O)c2cc(=O)c3ccccc3o2)sc2cc3c(cc21)OCCO3. The summed E-state index contributed by atoms with van der Waals surface area (Å²) in [6.07, 6.45) is 0. The molecule has 146 valence electrons. The molecule has 1 aliphatic heterocycles. The fraction of sp³-hybridized carbons (Fsp3) is 0.190. The van der Waals surface area contributed by atoms with Gasteiger partial charge in [0.1, 0.15) is 18.8 Å². The van der Waals surface area contributed by atoms with E-state index in [9.17, 15) is 9.59 Å². The summed E-state index contributed by atoms with van der Waals surface area (Å²) >= 11 is 1.37. The van der Waals surface area contributed by atoms with Gasteiger partial charge in [-0.25, -0.2) is 0 Å². The summed E-state index contributed by atoms with van der Waals surface area (Å²) in [5.74, 6) is 0.687. The minimum absolute atomic E-state index is 0.0835. The van der Waals surface area contributed by atoms with E-state index in [1.54, 1.807) is 24.3 Å². The summed E-state index contributed by atoms with van der Waals surface area (Å²) in [5.41, 5.74) is 1.00. The maximum Gasteiger partial charge on any atom is 0.315 e. The maximum absolute atomic E-state index is 12.8. The molecular formula is C21H16N2O5S. The van der Waals surface area contributed by atoms with E-state index < -0.39 is 5.91 Å². The topological polar surface area (TPSA) is 83.0 Å². The number of para-hydroxylation sites is 1. The van der Waals surface area contributed by atoms with Crippen LogP contribution in [0.5, 0.6) is 11.5 Å². The van der Waals surface area contributed by atoms with Crippen LogP contribution in [0.3, 0.4) is 0 Å². The average molecular weight is 408 g/mol. The van der Waals surface area contributed by atoms with Crippen molar-refractivity contribution in [3.05, 3.63) is 63.2 Å². The number of carbonyl (C=O) groups is 1. The van der Waals surface area contributed by atoms with E-state index in [0.717, 1.165) is 10.2 Å². The first kappa shape index (κ1) is 17.7. The Morgan fingerprint density at radius 2 is 1.90 bits per heavy atom. The summed E-state index contributed by atoms with van der Waals surface area (Å²) in [4.78, 5) is 29.8. The van der Waals surface area contributed by atoms with Gasteiger partial charge >= 0.3 is 5.91 Å². The molecule has 8 heteroatoms. The third-order valence-corrected chi connectivity index (χ3v) is 5.75. The van der Waals surface area contributed by atoms with Gasteiger partial charge in [-0.2, -0.15) is 4.99 Å². The van der Waals surface area contributed by atoms with Crippen molar-refractivity contribution < 1.29 is 18.7 Å². The molecule has 1 aliphatic rings. The van der Waals surface area contributed by atoms with E-state index in [-0.39, 0.29) is 11.2 Å². The van der Waals surface area contributed by atoms with Gasteiger partial charge in [-0.1, -0.05) is 23.5 Å². The van der Waals surface area contributed by atoms with Gasteiger partial charge in [-0.05, 0) is 19.1 Å². The van der Waals surface area contributed by atoms with E-state index in [2.05, 4.69) is 4.99 Å². The van der Waals surface area contributed by atoms with E-state index in [1.165, 1.54) is 17.4 Å². The van der Waals surface area contributed by atoms with Gasteiger partial charge in [0.05, 0.1) is 15.6 Å². The molecule has 0 fully saturated rings. The first-order valence-electron chi connectivity index (χ1n) is 9.19. The lowest BCUT2D eigenvalue weighted by Gasteiger charge is -2.18. The third-order valence-electron chi connectivity index (χ3n) is 4.71. The number of hydrogen-bond donors (Lipinski definition) is 0. The number of rotatable bonds is 2. The number of aryl methyl sites for hydroxylation is 1. The van der Waals surface area contributed by atoms with Crippen molar-refractivity contribution in [2.75, 3.05) is 13.2 Å². The summed E-state index contributed by atoms with van der Waals surface area (Å²) in [6.45, 7) is 3.61. The number of thiazole rings is 1. The Morgan fingerprint density at radius 3 is 2.69 bits per heavy atom. The Labute approximate surface area is 168 Å². The second-order valence-electron chi connectivity index (χ2n) is 6.48. The molecule has 0 radical (unpaired) electrons. The molecule has 0 aliphatic carbocycles. The highest BCUT2D eigenvalue weighted by molar-refractivity contribution is 7.16. The molecule has 2 aromatic carbocycles. The fourth-order valence-electron chi connectivity index (χ4n) is 3.35. The predicted octanol–water partition coefficient (Wildman–Crippen LogP) is 3.34. The Morgan fingerprint density at radius 1 is 1.14 bits per heavy atom. The van der Waals surface area contributed by atoms with Gasteiger partial charge in [0.25, 0.3) is 0 Å². The molecule has 7 nitrogen and oxygen atoms in total. The second-order valence-corrected chi connectivity index (χ2v) is 7.49. The number of nitrogens with zero attached hydrogens (tertiary/aromatic N) is 2. The zero-order chi connectivity index (χ0) is 20.0. The van der Waals surface area contributed by atoms with E-state index in [4.69, 9.17) is 13.9 Å². The van der Waals surface area contributed by atoms with Gasteiger partial charge in [0.15, 0.2) is 27.5 Å². The van der Waals surface area contributed by atoms with Crippen molar-refractivity contribution in [3.63, 3.8) is 0 Å². The van der Waals surface area contributed by atoms with Crippen molar-refractivity contribution in [1.29, 1.82) is 0 Å². The van der Waals surface area contributed by atoms with Gasteiger partial charge in [-0.3, -0.25) is 9.59 Å². The van der Waals surface area contributed by atoms with Gasteiger partial charge in [0, 0.05) is 24.7 Å². The summed E-state index contributed by atoms with van der Waals surface area (Å²) in [6, 6.07) is 11.8. The van der Waals surface area contributed by atoms with Crippen LogP contribution in [0.2, 0.25) is 0 Å². The highest BCUT2D eigenvalue weighted by Gasteiger charge is 2.17. The predicted molar refractivity (Wildman–Crippen MR) is 109 cm³/mol. The summed E-state index contributed by atoms with van der Waals surface area (Å²) < 4.78 is 19.8. The van der Waals surface area contributed by atoms with Crippen LogP contribution < -0.4 is 19.7 Å². The van der Waals surface area contributed by atoms with Crippen LogP contribution in [0.1, 0.15) is 17.5 Å². The molecule has 0 N–H and O–H groups in total. The quantitative estimate of drug-likeness (QED) is 0.508. The zero-order valence-corrected chi connectivity index (χ0v) is 16.3. The standard InChI is InChI=1S/C21H16N2O5S/c1-2-23-13-9-16-17(27-8-7-26-16)11-19(13)29-21(23)22-20(25)18-10-14(24)12-5-3-4-6-15(12)28-18/h3-6,9-11H,2,7-8H2,1H3. The molecule has 4 aromatic rings. The molecule has 0 atom stereocenters. The molecule has 0 unspecified atom stereocenters. The molecule has 0 saturated heterocycles. The molecule has 29 heavy (non-hydrogen) atoms. The third kappa shape index (κ3) is 3.01. The monoisotopic (exact) mass is 408 g/mol. The molecular weight excluding hydrogens is 392 g/mol. The van der Waals surface area contributed by atoms with Crippen LogP contribution in [0.15, 0.2) is 56.7 Å². The van der Waals surface area contributed by atoms with Gasteiger partial charge in [0.2, 0.25) is 0 Å². The highest BCUT2D eigenvalue weighted by atomic mass is 32.1. The van der Waals surface area contributed by atoms with Crippen LogP contribution in [0.25, 0.3) is 21.2 Å². The first-order chi connectivity index (χ1) is 14.1. The van der Waals surface area contributed by atoms with Crippen LogP contribution in [0.4, 0.5) is 0 Å². The van der Waals surface area contributed by atoms with Crippen molar-refractivity contribution in [3.8, 4) is 11.5 Å². The number of ether oxygens (including phenoxy) is 2. The Hall–Kier alpha value is -3.39. The molecule has 0 saturated carbocycles. The second kappa shape index (κ2) is 6.89. The normalized spacial score (nSPS) is 13.9. The molecule has 1 amide bonds. The number of hydrogen-bond acceptors (Lipinski definition) is 6. The highest BCUT2D eigenvalue weighted by Crippen LogP contribution is 2.35. The Bertz CT molecular complexity index is 1400. The number of fused-ring (bicyclic) bond motifs is 3. The van der Waals surface area contributed by atoms with Crippen molar-refractivity contribution >= 4 is 38.4 Å². The van der Waals surface area contributed by atoms with E-state index in [0.29, 0.717) is 47.0 Å². The van der Waals surface area contributed by atoms with Crippen LogP contribution in [-0.4, -0.2) is 23.7 Å². The van der Waals surface area contributed by atoms with Crippen molar-refractivity contribution in [1.82, 2.24) is 4.57 Å². The molecule has 2 aromatic heterocycles. The smallest absolute Gasteiger partial charge is 0.315 e. The summed E-state index contributed by atoms with van der Waals surface area (Å²) in [5, 5.41) is 0.431. The molecule has 0 spiro atoms. The van der Waals surface area contributed by atoms with Gasteiger partial charge in [-0.15, -0.1) is 0 Å². The number of carbonyl (C=O) groups excluding carboxylic acids is 1. The largest absolute Gasteiger partial charge is 0.486 e. The zero-order valence-electron chi connectivity index (χ0n) is 15.5. The number of benzene rings is 2. The van der Waals surface area contributed by atoms with Crippen molar-refractivity contribution in [2.45, 2.75) is 13.5 Å². The molecule has 0 bridgehead atoms. The molecule has 5 rings (SSSR count). The van der Waals surface area contributed by atoms with Crippen molar-refractivity contribution in [2.24, 2.45) is 4.99 Å². The van der Waals surface area contributed by atoms with Gasteiger partial charge < -0.3 is 18.5 Å². The minimum atomic E-state index is -0.598. The maximum atomic E-state index is 12.8. The lowest BCUT2D eigenvalue weighted by molar-refractivity contribution is 0.0972. The lowest BCUT2D eigenvalue weighted by atomic mass is 10.2.